The molecule has 5 atom stereocenters. The first-order valence-electron chi connectivity index (χ1n) is 14.9. The monoisotopic (exact) mass is 573 g/mol. The van der Waals surface area contributed by atoms with E-state index in [-0.39, 0.29) is 37.1 Å². The van der Waals surface area contributed by atoms with E-state index >= 15 is 0 Å². The van der Waals surface area contributed by atoms with Gasteiger partial charge in [0, 0.05) is 18.3 Å². The van der Waals surface area contributed by atoms with Crippen LogP contribution in [0.15, 0.2) is 54.6 Å². The highest BCUT2D eigenvalue weighted by Crippen LogP contribution is 2.55. The molecule has 2 bridgehead atoms. The number of nitrogens with one attached hydrogen (secondary N) is 2. The number of fused-ring (bicyclic) bond motifs is 2. The Balaban J connectivity index is 1.18. The van der Waals surface area contributed by atoms with E-state index < -0.39 is 29.6 Å². The first-order chi connectivity index (χ1) is 20.5. The van der Waals surface area contributed by atoms with Gasteiger partial charge in [-0.25, -0.2) is 0 Å². The molecule has 7 rings (SSSR count). The summed E-state index contributed by atoms with van der Waals surface area (Å²) in [7, 11) is 0. The van der Waals surface area contributed by atoms with Crippen LogP contribution in [-0.4, -0.2) is 59.8 Å². The smallest absolute Gasteiger partial charge is 0.246 e. The topological polar surface area (TPSA) is 115 Å². The highest BCUT2D eigenvalue weighted by Gasteiger charge is 2.72. The maximum Gasteiger partial charge on any atom is 0.246 e. The predicted molar refractivity (Wildman–Crippen MR) is 152 cm³/mol. The van der Waals surface area contributed by atoms with Crippen molar-refractivity contribution in [2.45, 2.75) is 69.4 Å². The Morgan fingerprint density at radius 2 is 1.81 bits per heavy atom. The lowest BCUT2D eigenvalue weighted by molar-refractivity contribution is -0.142. The second kappa shape index (κ2) is 10.7. The average Bonchev–Trinajstić information content (AvgIpc) is 3.76. The second-order valence-electron chi connectivity index (χ2n) is 11.6. The highest BCUT2D eigenvalue weighted by molar-refractivity contribution is 6.02. The SMILES string of the molecule is CCOc1ccc(NC(=O)[C@H]2[C@H]3C=C[C@]4(O3)[C@H](C(=O)NC3CCCCC3)N(Cc3ccc5c(c3)OCO5)C(=O)[C@@H]24)cc1. The summed E-state index contributed by atoms with van der Waals surface area (Å²) in [6.07, 6.45) is 8.19. The van der Waals surface area contributed by atoms with Gasteiger partial charge in [0.15, 0.2) is 11.5 Å². The number of hydrogen-bond donors (Lipinski definition) is 2. The number of nitrogens with zero attached hydrogens (tertiary/aromatic N) is 1. The Hall–Kier alpha value is -4.05. The quantitative estimate of drug-likeness (QED) is 0.464. The molecule has 3 amide bonds. The van der Waals surface area contributed by atoms with Crippen molar-refractivity contribution < 1.29 is 33.3 Å². The molecule has 2 aromatic carbocycles. The van der Waals surface area contributed by atoms with Crippen LogP contribution < -0.4 is 24.8 Å². The van der Waals surface area contributed by atoms with Gasteiger partial charge in [0.05, 0.1) is 24.5 Å². The Morgan fingerprint density at radius 3 is 2.60 bits per heavy atom. The Morgan fingerprint density at radius 1 is 1.02 bits per heavy atom. The Labute approximate surface area is 244 Å². The van der Waals surface area contributed by atoms with Crippen molar-refractivity contribution in [3.8, 4) is 17.2 Å². The van der Waals surface area contributed by atoms with Gasteiger partial charge in [-0.2, -0.15) is 0 Å². The highest BCUT2D eigenvalue weighted by atomic mass is 16.7. The molecule has 4 heterocycles. The standard InChI is InChI=1S/C32H35N3O7/c1-2-39-22-11-9-21(10-12-22)33-29(36)26-24-14-15-32(42-24)27(26)31(38)35(17-19-8-13-23-25(16-19)41-18-40-23)28(32)30(37)34-20-6-4-3-5-7-20/h8-16,20,24,26-28H,2-7,17-18H2,1H3,(H,33,36)(H,34,37)/t24-,26+,27-,28+,32-/m1/s1. The van der Waals surface area contributed by atoms with E-state index in [9.17, 15) is 14.4 Å². The normalized spacial score (nSPS) is 29.1. The van der Waals surface area contributed by atoms with Gasteiger partial charge in [-0.3, -0.25) is 14.4 Å². The van der Waals surface area contributed by atoms with Crippen molar-refractivity contribution in [1.29, 1.82) is 0 Å². The van der Waals surface area contributed by atoms with E-state index in [0.29, 0.717) is 29.5 Å². The number of anilines is 1. The van der Waals surface area contributed by atoms with E-state index in [0.717, 1.165) is 37.7 Å². The van der Waals surface area contributed by atoms with Gasteiger partial charge in [-0.15, -0.1) is 0 Å². The predicted octanol–water partition coefficient (Wildman–Crippen LogP) is 3.55. The molecule has 10 nitrogen and oxygen atoms in total. The van der Waals surface area contributed by atoms with Crippen LogP contribution in [0.2, 0.25) is 0 Å². The zero-order chi connectivity index (χ0) is 28.8. The number of likely N-dealkylation sites (tertiary alicyclic amines) is 1. The molecule has 4 aliphatic heterocycles. The summed E-state index contributed by atoms with van der Waals surface area (Å²) < 4.78 is 23.0. The van der Waals surface area contributed by atoms with E-state index in [2.05, 4.69) is 10.6 Å². The number of benzene rings is 2. The van der Waals surface area contributed by atoms with Gasteiger partial charge in [-0.1, -0.05) is 37.5 Å². The van der Waals surface area contributed by atoms with Gasteiger partial charge >= 0.3 is 0 Å². The van der Waals surface area contributed by atoms with Gasteiger partial charge in [-0.05, 0) is 61.7 Å². The molecule has 1 spiro atoms. The lowest BCUT2D eigenvalue weighted by Gasteiger charge is -2.34. The first-order valence-corrected chi connectivity index (χ1v) is 14.9. The second-order valence-corrected chi connectivity index (χ2v) is 11.6. The third kappa shape index (κ3) is 4.48. The summed E-state index contributed by atoms with van der Waals surface area (Å²) in [5.74, 6) is -0.476. The summed E-state index contributed by atoms with van der Waals surface area (Å²) in [6.45, 7) is 2.77. The zero-order valence-electron chi connectivity index (χ0n) is 23.5. The van der Waals surface area contributed by atoms with Crippen molar-refractivity contribution >= 4 is 23.4 Å². The van der Waals surface area contributed by atoms with Crippen LogP contribution in [-0.2, 0) is 25.7 Å². The third-order valence-electron chi connectivity index (χ3n) is 9.10. The molecule has 42 heavy (non-hydrogen) atoms. The molecule has 0 aromatic heterocycles. The number of ether oxygens (including phenoxy) is 4. The Bertz CT molecular complexity index is 1420. The number of rotatable bonds is 8. The van der Waals surface area contributed by atoms with E-state index in [4.69, 9.17) is 18.9 Å². The van der Waals surface area contributed by atoms with Crippen LogP contribution in [0.3, 0.4) is 0 Å². The van der Waals surface area contributed by atoms with Gasteiger partial charge in [0.1, 0.15) is 17.4 Å². The molecular weight excluding hydrogens is 538 g/mol. The molecule has 0 radical (unpaired) electrons. The number of carbonyl (C=O) groups is 3. The van der Waals surface area contributed by atoms with E-state index in [1.807, 2.05) is 37.3 Å². The largest absolute Gasteiger partial charge is 0.494 e. The number of hydrogen-bond acceptors (Lipinski definition) is 7. The molecule has 220 valence electrons. The molecule has 2 saturated heterocycles. The molecule has 2 N–H and O–H groups in total. The lowest BCUT2D eigenvalue weighted by Crippen LogP contribution is -2.56. The average molecular weight is 574 g/mol. The fourth-order valence-corrected chi connectivity index (χ4v) is 7.23. The van der Waals surface area contributed by atoms with Crippen LogP contribution in [0.5, 0.6) is 17.2 Å². The van der Waals surface area contributed by atoms with Crippen molar-refractivity contribution in [2.75, 3.05) is 18.7 Å². The molecular formula is C32H35N3O7. The molecule has 3 fully saturated rings. The van der Waals surface area contributed by atoms with Crippen molar-refractivity contribution in [2.24, 2.45) is 11.8 Å². The molecule has 1 aliphatic carbocycles. The van der Waals surface area contributed by atoms with Crippen molar-refractivity contribution in [1.82, 2.24) is 10.2 Å². The summed E-state index contributed by atoms with van der Waals surface area (Å²) in [6, 6.07) is 11.8. The van der Waals surface area contributed by atoms with Gasteiger partial charge < -0.3 is 34.5 Å². The molecule has 2 aromatic rings. The zero-order valence-corrected chi connectivity index (χ0v) is 23.5. The van der Waals surface area contributed by atoms with Crippen molar-refractivity contribution in [3.63, 3.8) is 0 Å². The van der Waals surface area contributed by atoms with Crippen LogP contribution in [0.4, 0.5) is 5.69 Å². The minimum Gasteiger partial charge on any atom is -0.494 e. The van der Waals surface area contributed by atoms with Crippen LogP contribution >= 0.6 is 0 Å². The van der Waals surface area contributed by atoms with Crippen LogP contribution in [0.1, 0.15) is 44.6 Å². The Kier molecular flexibility index (Phi) is 6.80. The molecule has 0 unspecified atom stereocenters. The minimum absolute atomic E-state index is 0.0607. The summed E-state index contributed by atoms with van der Waals surface area (Å²) in [4.78, 5) is 43.6. The summed E-state index contributed by atoms with van der Waals surface area (Å²) in [5.41, 5.74) is 0.171. The van der Waals surface area contributed by atoms with Gasteiger partial charge in [0.2, 0.25) is 24.5 Å². The summed E-state index contributed by atoms with van der Waals surface area (Å²) >= 11 is 0. The third-order valence-corrected chi connectivity index (χ3v) is 9.10. The molecule has 1 saturated carbocycles. The van der Waals surface area contributed by atoms with Crippen molar-refractivity contribution in [3.05, 3.63) is 60.2 Å². The molecule has 5 aliphatic rings. The maximum atomic E-state index is 14.3. The summed E-state index contributed by atoms with van der Waals surface area (Å²) in [5, 5.41) is 6.19. The number of amides is 3. The minimum atomic E-state index is -1.22. The van der Waals surface area contributed by atoms with Gasteiger partial charge in [0.25, 0.3) is 0 Å². The van der Waals surface area contributed by atoms with E-state index in [1.165, 1.54) is 0 Å². The fourth-order valence-electron chi connectivity index (χ4n) is 7.23. The van der Waals surface area contributed by atoms with Crippen LogP contribution in [0, 0.1) is 11.8 Å². The molecule has 10 heteroatoms. The fraction of sp³-hybridized carbons (Fsp3) is 0.469. The lowest BCUT2D eigenvalue weighted by atomic mass is 9.74. The first kappa shape index (κ1) is 26.8. The van der Waals surface area contributed by atoms with Crippen LogP contribution in [0.25, 0.3) is 0 Å². The number of carbonyl (C=O) groups excluding carboxylic acids is 3. The van der Waals surface area contributed by atoms with E-state index in [1.54, 1.807) is 29.2 Å². The maximum absolute atomic E-state index is 14.3.